The van der Waals surface area contributed by atoms with E-state index in [1.165, 1.54) is 0 Å². The van der Waals surface area contributed by atoms with Crippen molar-refractivity contribution in [3.05, 3.63) is 53.6 Å². The van der Waals surface area contributed by atoms with Crippen LogP contribution in [0.15, 0.2) is 42.5 Å². The highest BCUT2D eigenvalue weighted by molar-refractivity contribution is 5.99. The van der Waals surface area contributed by atoms with Crippen LogP contribution in [0.2, 0.25) is 0 Å². The van der Waals surface area contributed by atoms with Gasteiger partial charge in [0, 0.05) is 23.7 Å². The molecule has 2 N–H and O–H groups in total. The van der Waals surface area contributed by atoms with Gasteiger partial charge >= 0.3 is 0 Å². The third-order valence-corrected chi connectivity index (χ3v) is 3.72. The molecule has 2 aromatic carbocycles. The zero-order valence-corrected chi connectivity index (χ0v) is 14.0. The fraction of sp³-hybridized carbons (Fsp3) is 0.263. The summed E-state index contributed by atoms with van der Waals surface area (Å²) in [5.41, 5.74) is 2.12. The third kappa shape index (κ3) is 4.50. The number of ether oxygens (including phenoxy) is 2. The summed E-state index contributed by atoms with van der Waals surface area (Å²) >= 11 is 0. The number of fused-ring (bicyclic) bond motifs is 1. The molecule has 0 aromatic heterocycles. The van der Waals surface area contributed by atoms with Crippen molar-refractivity contribution in [1.82, 2.24) is 5.32 Å². The van der Waals surface area contributed by atoms with Crippen molar-refractivity contribution >= 4 is 17.5 Å². The number of anilines is 1. The lowest BCUT2D eigenvalue weighted by atomic mass is 10.1. The largest absolute Gasteiger partial charge is 0.490 e. The number of carbonyl (C=O) groups is 2. The molecule has 130 valence electrons. The lowest BCUT2D eigenvalue weighted by Crippen LogP contribution is -2.32. The van der Waals surface area contributed by atoms with Crippen LogP contribution in [0, 0.1) is 6.92 Å². The van der Waals surface area contributed by atoms with E-state index in [0.29, 0.717) is 36.0 Å². The Balaban J connectivity index is 1.56. The number of hydrogen-bond donors (Lipinski definition) is 2. The van der Waals surface area contributed by atoms with E-state index in [-0.39, 0.29) is 18.4 Å². The minimum absolute atomic E-state index is 0.110. The van der Waals surface area contributed by atoms with E-state index in [9.17, 15) is 9.59 Å². The average Bonchev–Trinajstić information content (AvgIpc) is 2.84. The van der Waals surface area contributed by atoms with Gasteiger partial charge < -0.3 is 20.1 Å². The zero-order valence-electron chi connectivity index (χ0n) is 14.0. The van der Waals surface area contributed by atoms with E-state index in [1.54, 1.807) is 30.3 Å². The normalized spacial score (nSPS) is 12.8. The van der Waals surface area contributed by atoms with Gasteiger partial charge in [0.05, 0.1) is 19.8 Å². The van der Waals surface area contributed by atoms with Crippen molar-refractivity contribution in [2.75, 3.05) is 25.1 Å². The molecule has 6 nitrogen and oxygen atoms in total. The Bertz CT molecular complexity index is 789. The molecule has 25 heavy (non-hydrogen) atoms. The molecule has 0 unspecified atom stereocenters. The SMILES string of the molecule is Cc1cccc(C(=O)NCC(=O)Nc2ccc3c(c2)OCCCO3)c1. The molecule has 1 aliphatic rings. The number of aryl methyl sites for hydroxylation is 1. The van der Waals surface area contributed by atoms with E-state index in [0.717, 1.165) is 12.0 Å². The minimum Gasteiger partial charge on any atom is -0.490 e. The second-order valence-electron chi connectivity index (χ2n) is 5.81. The average molecular weight is 340 g/mol. The molecular weight excluding hydrogens is 320 g/mol. The lowest BCUT2D eigenvalue weighted by molar-refractivity contribution is -0.115. The molecule has 3 rings (SSSR count). The topological polar surface area (TPSA) is 76.7 Å². The summed E-state index contributed by atoms with van der Waals surface area (Å²) in [6, 6.07) is 12.4. The van der Waals surface area contributed by atoms with Gasteiger partial charge in [-0.3, -0.25) is 9.59 Å². The first-order chi connectivity index (χ1) is 12.1. The Hall–Kier alpha value is -3.02. The summed E-state index contributed by atoms with van der Waals surface area (Å²) in [6.07, 6.45) is 0.821. The number of benzene rings is 2. The summed E-state index contributed by atoms with van der Waals surface area (Å²) in [4.78, 5) is 24.1. The maximum absolute atomic E-state index is 12.1. The molecule has 0 fully saturated rings. The monoisotopic (exact) mass is 340 g/mol. The highest BCUT2D eigenvalue weighted by Crippen LogP contribution is 2.32. The van der Waals surface area contributed by atoms with Crippen molar-refractivity contribution in [2.45, 2.75) is 13.3 Å². The van der Waals surface area contributed by atoms with Gasteiger partial charge in [-0.1, -0.05) is 17.7 Å². The molecule has 0 radical (unpaired) electrons. The second kappa shape index (κ2) is 7.70. The smallest absolute Gasteiger partial charge is 0.251 e. The van der Waals surface area contributed by atoms with Crippen molar-refractivity contribution < 1.29 is 19.1 Å². The van der Waals surface area contributed by atoms with Gasteiger partial charge in [0.15, 0.2) is 11.5 Å². The maximum atomic E-state index is 12.1. The van der Waals surface area contributed by atoms with Crippen LogP contribution in [0.3, 0.4) is 0 Å². The highest BCUT2D eigenvalue weighted by Gasteiger charge is 2.12. The Kier molecular flexibility index (Phi) is 5.18. The first kappa shape index (κ1) is 16.8. The lowest BCUT2D eigenvalue weighted by Gasteiger charge is -2.11. The van der Waals surface area contributed by atoms with Crippen LogP contribution in [0.5, 0.6) is 11.5 Å². The Morgan fingerprint density at radius 2 is 1.84 bits per heavy atom. The number of carbonyl (C=O) groups excluding carboxylic acids is 2. The van der Waals surface area contributed by atoms with E-state index < -0.39 is 0 Å². The molecule has 0 bridgehead atoms. The Morgan fingerprint density at radius 1 is 1.04 bits per heavy atom. The number of amides is 2. The molecule has 2 amide bonds. The van der Waals surface area contributed by atoms with Crippen molar-refractivity contribution in [2.24, 2.45) is 0 Å². The number of hydrogen-bond acceptors (Lipinski definition) is 4. The number of nitrogens with one attached hydrogen (secondary N) is 2. The van der Waals surface area contributed by atoms with Crippen molar-refractivity contribution in [3.63, 3.8) is 0 Å². The summed E-state index contributed by atoms with van der Waals surface area (Å²) < 4.78 is 11.1. The van der Waals surface area contributed by atoms with E-state index in [1.807, 2.05) is 19.1 Å². The Labute approximate surface area is 146 Å². The molecule has 0 saturated heterocycles. The van der Waals surface area contributed by atoms with Crippen molar-refractivity contribution in [3.8, 4) is 11.5 Å². The Morgan fingerprint density at radius 3 is 2.64 bits per heavy atom. The van der Waals surface area contributed by atoms with Crippen LogP contribution in [-0.2, 0) is 4.79 Å². The fourth-order valence-electron chi connectivity index (χ4n) is 2.50. The summed E-state index contributed by atoms with van der Waals surface area (Å²) in [7, 11) is 0. The summed E-state index contributed by atoms with van der Waals surface area (Å²) in [5, 5.41) is 5.35. The van der Waals surface area contributed by atoms with Crippen LogP contribution in [-0.4, -0.2) is 31.6 Å². The molecule has 0 saturated carbocycles. The van der Waals surface area contributed by atoms with Gasteiger partial charge in [0.25, 0.3) is 5.91 Å². The summed E-state index contributed by atoms with van der Waals surface area (Å²) in [5.74, 6) is 0.690. The van der Waals surface area contributed by atoms with Crippen molar-refractivity contribution in [1.29, 1.82) is 0 Å². The maximum Gasteiger partial charge on any atom is 0.251 e. The molecule has 0 atom stereocenters. The van der Waals surface area contributed by atoms with Crippen LogP contribution in [0.25, 0.3) is 0 Å². The minimum atomic E-state index is -0.310. The van der Waals surface area contributed by atoms with Gasteiger partial charge in [-0.05, 0) is 31.2 Å². The molecule has 0 aliphatic carbocycles. The third-order valence-electron chi connectivity index (χ3n) is 3.72. The summed E-state index contributed by atoms with van der Waals surface area (Å²) in [6.45, 7) is 3.00. The standard InChI is InChI=1S/C19H20N2O4/c1-13-4-2-5-14(10-13)19(23)20-12-18(22)21-15-6-7-16-17(11-15)25-9-3-8-24-16/h2,4-7,10-11H,3,8-9,12H2,1H3,(H,20,23)(H,21,22). The fourth-order valence-corrected chi connectivity index (χ4v) is 2.50. The van der Waals surface area contributed by atoms with Gasteiger partial charge in [0.1, 0.15) is 0 Å². The molecular formula is C19H20N2O4. The highest BCUT2D eigenvalue weighted by atomic mass is 16.5. The van der Waals surface area contributed by atoms with Gasteiger partial charge in [0.2, 0.25) is 5.91 Å². The van der Waals surface area contributed by atoms with E-state index in [2.05, 4.69) is 10.6 Å². The zero-order chi connectivity index (χ0) is 17.6. The number of rotatable bonds is 4. The first-order valence-electron chi connectivity index (χ1n) is 8.16. The molecule has 1 aliphatic heterocycles. The van der Waals surface area contributed by atoms with E-state index in [4.69, 9.17) is 9.47 Å². The van der Waals surface area contributed by atoms with Gasteiger partial charge in [-0.15, -0.1) is 0 Å². The van der Waals surface area contributed by atoms with Crippen LogP contribution < -0.4 is 20.1 Å². The first-order valence-corrected chi connectivity index (χ1v) is 8.16. The van der Waals surface area contributed by atoms with Gasteiger partial charge in [-0.2, -0.15) is 0 Å². The molecule has 0 spiro atoms. The quantitative estimate of drug-likeness (QED) is 0.897. The van der Waals surface area contributed by atoms with Crippen LogP contribution in [0.1, 0.15) is 22.3 Å². The molecule has 2 aromatic rings. The van der Waals surface area contributed by atoms with Gasteiger partial charge in [-0.25, -0.2) is 0 Å². The predicted molar refractivity (Wildman–Crippen MR) is 94.2 cm³/mol. The van der Waals surface area contributed by atoms with Crippen LogP contribution in [0.4, 0.5) is 5.69 Å². The molecule has 6 heteroatoms. The van der Waals surface area contributed by atoms with E-state index >= 15 is 0 Å². The predicted octanol–water partition coefficient (Wildman–Crippen LogP) is 2.52. The second-order valence-corrected chi connectivity index (χ2v) is 5.81. The van der Waals surface area contributed by atoms with Crippen LogP contribution >= 0.6 is 0 Å². The molecule has 1 heterocycles.